The zero-order valence-electron chi connectivity index (χ0n) is 8.71. The van der Waals surface area contributed by atoms with Crippen molar-refractivity contribution in [1.82, 2.24) is 0 Å². The van der Waals surface area contributed by atoms with Crippen molar-refractivity contribution in [3.63, 3.8) is 0 Å². The van der Waals surface area contributed by atoms with E-state index in [2.05, 4.69) is 40.3 Å². The van der Waals surface area contributed by atoms with Gasteiger partial charge in [0.2, 0.25) is 0 Å². The molecular formula is C10H22OS. The zero-order chi connectivity index (χ0) is 9.56. The molecule has 12 heavy (non-hydrogen) atoms. The van der Waals surface area contributed by atoms with Crippen molar-refractivity contribution in [3.05, 3.63) is 0 Å². The first-order valence-electron chi connectivity index (χ1n) is 4.79. The van der Waals surface area contributed by atoms with Crippen LogP contribution in [0, 0.1) is 11.8 Å². The van der Waals surface area contributed by atoms with Crippen LogP contribution in [0.3, 0.4) is 0 Å². The summed E-state index contributed by atoms with van der Waals surface area (Å²) in [5, 5.41) is 0.386. The Labute approximate surface area is 82.3 Å². The van der Waals surface area contributed by atoms with Gasteiger partial charge in [0, 0.05) is 11.9 Å². The standard InChI is InChI=1S/C10H22OS/c1-8(2)5-6-11-7-10(12)9(3)4/h8-10,12H,5-7H2,1-4H3. The highest BCUT2D eigenvalue weighted by molar-refractivity contribution is 7.81. The molecule has 0 aromatic heterocycles. The average molecular weight is 190 g/mol. The molecule has 74 valence electrons. The van der Waals surface area contributed by atoms with Gasteiger partial charge < -0.3 is 4.74 Å². The van der Waals surface area contributed by atoms with Gasteiger partial charge in [0.25, 0.3) is 0 Å². The molecule has 0 saturated heterocycles. The summed E-state index contributed by atoms with van der Waals surface area (Å²) in [6, 6.07) is 0. The Hall–Kier alpha value is 0.310. The van der Waals surface area contributed by atoms with Gasteiger partial charge in [-0.2, -0.15) is 12.6 Å². The van der Waals surface area contributed by atoms with E-state index in [1.54, 1.807) is 0 Å². The second-order valence-corrected chi connectivity index (χ2v) is 4.73. The normalized spacial score (nSPS) is 14.2. The first kappa shape index (κ1) is 12.3. The van der Waals surface area contributed by atoms with Gasteiger partial charge in [0.05, 0.1) is 6.61 Å². The molecule has 0 N–H and O–H groups in total. The van der Waals surface area contributed by atoms with Crippen molar-refractivity contribution in [1.29, 1.82) is 0 Å². The molecule has 0 aliphatic heterocycles. The van der Waals surface area contributed by atoms with Crippen LogP contribution in [0.2, 0.25) is 0 Å². The molecule has 0 spiro atoms. The zero-order valence-corrected chi connectivity index (χ0v) is 9.60. The van der Waals surface area contributed by atoms with Crippen LogP contribution < -0.4 is 0 Å². The lowest BCUT2D eigenvalue weighted by Crippen LogP contribution is -2.16. The van der Waals surface area contributed by atoms with E-state index < -0.39 is 0 Å². The molecule has 0 heterocycles. The number of ether oxygens (including phenoxy) is 1. The van der Waals surface area contributed by atoms with Crippen molar-refractivity contribution < 1.29 is 4.74 Å². The second kappa shape index (κ2) is 6.79. The van der Waals surface area contributed by atoms with E-state index in [1.807, 2.05) is 0 Å². The lowest BCUT2D eigenvalue weighted by molar-refractivity contribution is 0.118. The molecule has 1 atom stereocenters. The third-order valence-corrected chi connectivity index (χ3v) is 2.64. The predicted octanol–water partition coefficient (Wildman–Crippen LogP) is 3.00. The number of thiol groups is 1. The Kier molecular flexibility index (Phi) is 6.96. The summed E-state index contributed by atoms with van der Waals surface area (Å²) in [6.07, 6.45) is 1.15. The van der Waals surface area contributed by atoms with Crippen LogP contribution in [0.15, 0.2) is 0 Å². The van der Waals surface area contributed by atoms with Crippen LogP contribution in [-0.4, -0.2) is 18.5 Å². The summed E-state index contributed by atoms with van der Waals surface area (Å²) in [6.45, 7) is 10.4. The number of hydrogen-bond donors (Lipinski definition) is 1. The summed E-state index contributed by atoms with van der Waals surface area (Å²) >= 11 is 4.42. The van der Waals surface area contributed by atoms with E-state index in [9.17, 15) is 0 Å². The fourth-order valence-corrected chi connectivity index (χ4v) is 0.821. The van der Waals surface area contributed by atoms with Gasteiger partial charge in [0.15, 0.2) is 0 Å². The van der Waals surface area contributed by atoms with Gasteiger partial charge in [-0.1, -0.05) is 27.7 Å². The van der Waals surface area contributed by atoms with Crippen molar-refractivity contribution in [2.75, 3.05) is 13.2 Å². The quantitative estimate of drug-likeness (QED) is 0.500. The molecule has 0 aromatic carbocycles. The van der Waals surface area contributed by atoms with E-state index in [-0.39, 0.29) is 0 Å². The van der Waals surface area contributed by atoms with Gasteiger partial charge >= 0.3 is 0 Å². The van der Waals surface area contributed by atoms with Crippen LogP contribution in [0.4, 0.5) is 0 Å². The maximum Gasteiger partial charge on any atom is 0.0584 e. The van der Waals surface area contributed by atoms with E-state index in [0.29, 0.717) is 11.2 Å². The molecule has 0 bridgehead atoms. The highest BCUT2D eigenvalue weighted by Crippen LogP contribution is 2.09. The number of hydrogen-bond acceptors (Lipinski definition) is 2. The summed E-state index contributed by atoms with van der Waals surface area (Å²) in [7, 11) is 0. The largest absolute Gasteiger partial charge is 0.380 e. The maximum absolute atomic E-state index is 5.49. The molecule has 0 rings (SSSR count). The van der Waals surface area contributed by atoms with E-state index in [4.69, 9.17) is 4.74 Å². The molecule has 2 heteroatoms. The lowest BCUT2D eigenvalue weighted by Gasteiger charge is -2.15. The summed E-state index contributed by atoms with van der Waals surface area (Å²) < 4.78 is 5.49. The summed E-state index contributed by atoms with van der Waals surface area (Å²) in [4.78, 5) is 0. The van der Waals surface area contributed by atoms with Crippen molar-refractivity contribution in [3.8, 4) is 0 Å². The molecule has 0 aliphatic carbocycles. The Bertz CT molecular complexity index is 102. The van der Waals surface area contributed by atoms with Gasteiger partial charge in [0.1, 0.15) is 0 Å². The molecule has 0 amide bonds. The summed E-state index contributed by atoms with van der Waals surface area (Å²) in [5.41, 5.74) is 0. The Morgan fingerprint density at radius 2 is 1.75 bits per heavy atom. The minimum atomic E-state index is 0.386. The third kappa shape index (κ3) is 6.99. The van der Waals surface area contributed by atoms with Gasteiger partial charge in [-0.15, -0.1) is 0 Å². The molecule has 0 aromatic rings. The minimum Gasteiger partial charge on any atom is -0.380 e. The van der Waals surface area contributed by atoms with Crippen molar-refractivity contribution in [2.45, 2.75) is 39.4 Å². The first-order valence-corrected chi connectivity index (χ1v) is 5.31. The van der Waals surface area contributed by atoms with Crippen molar-refractivity contribution >= 4 is 12.6 Å². The van der Waals surface area contributed by atoms with Gasteiger partial charge in [-0.3, -0.25) is 0 Å². The van der Waals surface area contributed by atoms with E-state index >= 15 is 0 Å². The molecule has 0 aliphatic rings. The van der Waals surface area contributed by atoms with Crippen LogP contribution in [-0.2, 0) is 4.74 Å². The van der Waals surface area contributed by atoms with Crippen LogP contribution in [0.5, 0.6) is 0 Å². The first-order chi connectivity index (χ1) is 5.54. The van der Waals surface area contributed by atoms with Crippen LogP contribution >= 0.6 is 12.6 Å². The fraction of sp³-hybridized carbons (Fsp3) is 1.00. The molecule has 0 radical (unpaired) electrons. The SMILES string of the molecule is CC(C)CCOCC(S)C(C)C. The molecule has 1 nitrogen and oxygen atoms in total. The van der Waals surface area contributed by atoms with Crippen LogP contribution in [0.1, 0.15) is 34.1 Å². The Morgan fingerprint density at radius 1 is 1.17 bits per heavy atom. The molecule has 0 fully saturated rings. The van der Waals surface area contributed by atoms with Crippen molar-refractivity contribution in [2.24, 2.45) is 11.8 Å². The van der Waals surface area contributed by atoms with Gasteiger partial charge in [-0.05, 0) is 18.3 Å². The molecular weight excluding hydrogens is 168 g/mol. The molecule has 1 unspecified atom stereocenters. The molecule has 0 saturated carbocycles. The maximum atomic E-state index is 5.49. The average Bonchev–Trinajstić information content (AvgIpc) is 1.97. The Morgan fingerprint density at radius 3 is 2.17 bits per heavy atom. The predicted molar refractivity (Wildman–Crippen MR) is 57.9 cm³/mol. The smallest absolute Gasteiger partial charge is 0.0584 e. The van der Waals surface area contributed by atoms with E-state index in [0.717, 1.165) is 25.6 Å². The lowest BCUT2D eigenvalue weighted by atomic mass is 10.1. The third-order valence-electron chi connectivity index (χ3n) is 1.90. The van der Waals surface area contributed by atoms with Gasteiger partial charge in [-0.25, -0.2) is 0 Å². The second-order valence-electron chi connectivity index (χ2n) is 4.07. The Balaban J connectivity index is 3.20. The minimum absolute atomic E-state index is 0.386. The van der Waals surface area contributed by atoms with E-state index in [1.165, 1.54) is 0 Å². The topological polar surface area (TPSA) is 9.23 Å². The highest BCUT2D eigenvalue weighted by atomic mass is 32.1. The number of rotatable bonds is 6. The summed E-state index contributed by atoms with van der Waals surface area (Å²) in [5.74, 6) is 1.34. The monoisotopic (exact) mass is 190 g/mol. The fourth-order valence-electron chi connectivity index (χ4n) is 0.716. The van der Waals surface area contributed by atoms with Crippen LogP contribution in [0.25, 0.3) is 0 Å². The highest BCUT2D eigenvalue weighted by Gasteiger charge is 2.07.